The Morgan fingerprint density at radius 3 is 2.38 bits per heavy atom. The summed E-state index contributed by atoms with van der Waals surface area (Å²) in [4.78, 5) is 0. The van der Waals surface area contributed by atoms with Crippen LogP contribution >= 0.6 is 24.0 Å². The predicted octanol–water partition coefficient (Wildman–Crippen LogP) is 1.49. The van der Waals surface area contributed by atoms with Crippen molar-refractivity contribution in [3.8, 4) is 0 Å². The third-order valence-corrected chi connectivity index (χ3v) is 1.25. The maximum absolute atomic E-state index is 5.12. The maximum Gasteiger partial charge on any atom is 0.135 e. The number of thiocarbonyl (C=S) groups is 1. The van der Waals surface area contributed by atoms with Crippen LogP contribution in [0.15, 0.2) is 11.5 Å². The summed E-state index contributed by atoms with van der Waals surface area (Å²) in [6.07, 6.45) is 1.89. The minimum absolute atomic E-state index is 0. The zero-order chi connectivity index (χ0) is 5.70. The summed E-state index contributed by atoms with van der Waals surface area (Å²) in [5.74, 6) is 0. The molecule has 0 heterocycles. The van der Waals surface area contributed by atoms with Crippen LogP contribution in [0.5, 0.6) is 0 Å². The Bertz CT molecular complexity index is 92.0. The fraction of sp³-hybridized carbons (Fsp3) is 0.250. The second-order valence-corrected chi connectivity index (χ2v) is 2.55. The third-order valence-electron chi connectivity index (χ3n) is 0.320. The van der Waals surface area contributed by atoms with E-state index in [1.807, 2.05) is 18.4 Å². The van der Waals surface area contributed by atoms with Gasteiger partial charge < -0.3 is 5.73 Å². The van der Waals surface area contributed by atoms with Crippen LogP contribution in [0.25, 0.3) is 0 Å². The van der Waals surface area contributed by atoms with E-state index in [1.54, 1.807) is 0 Å². The number of hydrogen-bond donors (Lipinski definition) is 1. The van der Waals surface area contributed by atoms with Crippen LogP contribution in [-0.2, 0) is 19.5 Å². The quantitative estimate of drug-likeness (QED) is 0.511. The molecule has 0 aliphatic carbocycles. The van der Waals surface area contributed by atoms with Gasteiger partial charge in [0, 0.05) is 19.5 Å². The molecule has 2 N–H and O–H groups in total. The number of allylic oxidation sites excluding steroid dienone is 1. The van der Waals surface area contributed by atoms with Gasteiger partial charge in [0.15, 0.2) is 0 Å². The van der Waals surface area contributed by atoms with Gasteiger partial charge in [-0.3, -0.25) is 0 Å². The first-order valence-corrected chi connectivity index (χ1v) is 3.13. The van der Waals surface area contributed by atoms with E-state index in [0.717, 1.165) is 0 Å². The van der Waals surface area contributed by atoms with Crippen LogP contribution < -0.4 is 5.73 Å². The molecule has 0 aromatic rings. The molecule has 0 saturated heterocycles. The first-order chi connectivity index (χ1) is 3.27. The summed E-state index contributed by atoms with van der Waals surface area (Å²) >= 11 is 5.91. The van der Waals surface area contributed by atoms with Crippen molar-refractivity contribution in [2.45, 2.75) is 6.92 Å². The molecule has 0 unspecified atom stereocenters. The second-order valence-electron chi connectivity index (χ2n) is 0.906. The molecule has 0 aromatic heterocycles. The average molecular weight is 199 g/mol. The first kappa shape index (κ1) is 11.4. The van der Waals surface area contributed by atoms with Gasteiger partial charge in [0.2, 0.25) is 0 Å². The van der Waals surface area contributed by atoms with Crippen molar-refractivity contribution < 1.29 is 19.5 Å². The van der Waals surface area contributed by atoms with Gasteiger partial charge in [-0.1, -0.05) is 30.1 Å². The molecule has 0 spiro atoms. The number of thioether (sulfide) groups is 1. The largest absolute Gasteiger partial charge is 0.384 e. The molecule has 1 nitrogen and oxygen atoms in total. The van der Waals surface area contributed by atoms with Crippen LogP contribution in [-0.4, -0.2) is 4.32 Å². The third kappa shape index (κ3) is 9.78. The molecular weight excluding hydrogens is 192 g/mol. The van der Waals surface area contributed by atoms with Crippen molar-refractivity contribution in [1.82, 2.24) is 0 Å². The summed E-state index contributed by atoms with van der Waals surface area (Å²) in [6.45, 7) is 1.92. The molecule has 0 aromatic carbocycles. The Hall–Kier alpha value is 0.603. The van der Waals surface area contributed by atoms with Gasteiger partial charge in [-0.15, -0.1) is 0 Å². The molecule has 0 aliphatic heterocycles. The zero-order valence-electron chi connectivity index (χ0n) is 4.76. The smallest absolute Gasteiger partial charge is 0.135 e. The molecule has 8 heavy (non-hydrogen) atoms. The maximum atomic E-state index is 5.12. The fourth-order valence-electron chi connectivity index (χ4n) is 0.135. The molecule has 0 atom stereocenters. The Kier molecular flexibility index (Phi) is 10.8. The molecule has 0 aliphatic rings. The topological polar surface area (TPSA) is 26.0 Å². The monoisotopic (exact) mass is 197 g/mol. The van der Waals surface area contributed by atoms with Crippen molar-refractivity contribution in [3.05, 3.63) is 11.5 Å². The fourth-order valence-corrected chi connectivity index (χ4v) is 0.572. The predicted molar refractivity (Wildman–Crippen MR) is 39.2 cm³/mol. The van der Waals surface area contributed by atoms with E-state index in [-0.39, 0.29) is 19.5 Å². The molecule has 0 saturated carbocycles. The molecule has 0 radical (unpaired) electrons. The zero-order valence-corrected chi connectivity index (χ0v) is 9.36. The Morgan fingerprint density at radius 1 is 1.75 bits per heavy atom. The van der Waals surface area contributed by atoms with Gasteiger partial charge in [0.1, 0.15) is 4.32 Å². The van der Waals surface area contributed by atoms with Crippen molar-refractivity contribution in [2.75, 3.05) is 0 Å². The normalized spacial score (nSPS) is 8.62. The number of rotatable bonds is 1. The van der Waals surface area contributed by atoms with Crippen molar-refractivity contribution in [2.24, 2.45) is 5.73 Å². The van der Waals surface area contributed by atoms with Gasteiger partial charge in [-0.25, -0.2) is 0 Å². The van der Waals surface area contributed by atoms with Crippen LogP contribution in [0.4, 0.5) is 0 Å². The molecule has 42 valence electrons. The van der Waals surface area contributed by atoms with E-state index in [4.69, 9.17) is 5.73 Å². The standard InChI is InChI=1S/C4H7NS2.Zn/c1-2-3-7-4(5)6;/h2-3H,1H3,(H2,5,6);. The minimum atomic E-state index is 0. The Morgan fingerprint density at radius 2 is 2.25 bits per heavy atom. The van der Waals surface area contributed by atoms with E-state index in [0.29, 0.717) is 4.32 Å². The summed E-state index contributed by atoms with van der Waals surface area (Å²) in [5, 5.41) is 1.85. The summed E-state index contributed by atoms with van der Waals surface area (Å²) in [7, 11) is 0. The van der Waals surface area contributed by atoms with E-state index >= 15 is 0 Å². The summed E-state index contributed by atoms with van der Waals surface area (Å²) in [5.41, 5.74) is 5.12. The van der Waals surface area contributed by atoms with Gasteiger partial charge in [-0.05, 0) is 12.3 Å². The van der Waals surface area contributed by atoms with E-state index in [9.17, 15) is 0 Å². The second kappa shape index (κ2) is 7.60. The summed E-state index contributed by atoms with van der Waals surface area (Å²) < 4.78 is 0.470. The van der Waals surface area contributed by atoms with Crippen molar-refractivity contribution in [1.29, 1.82) is 0 Å². The van der Waals surface area contributed by atoms with Crippen LogP contribution in [0.3, 0.4) is 0 Å². The minimum Gasteiger partial charge on any atom is -0.384 e. The van der Waals surface area contributed by atoms with E-state index < -0.39 is 0 Å². The van der Waals surface area contributed by atoms with Gasteiger partial charge in [0.05, 0.1) is 0 Å². The molecule has 4 heteroatoms. The molecule has 0 rings (SSSR count). The van der Waals surface area contributed by atoms with Crippen LogP contribution in [0.1, 0.15) is 6.92 Å². The van der Waals surface area contributed by atoms with Gasteiger partial charge in [0.25, 0.3) is 0 Å². The van der Waals surface area contributed by atoms with Gasteiger partial charge in [-0.2, -0.15) is 0 Å². The SMILES string of the molecule is CC=CSC(N)=S.[Zn]. The van der Waals surface area contributed by atoms with Gasteiger partial charge >= 0.3 is 0 Å². The Balaban J connectivity index is 0. The van der Waals surface area contributed by atoms with Crippen LogP contribution in [0.2, 0.25) is 0 Å². The van der Waals surface area contributed by atoms with Crippen LogP contribution in [0, 0.1) is 0 Å². The molecule has 0 bridgehead atoms. The summed E-state index contributed by atoms with van der Waals surface area (Å²) in [6, 6.07) is 0. The van der Waals surface area contributed by atoms with E-state index in [1.165, 1.54) is 11.8 Å². The molecule has 0 fully saturated rings. The Labute approximate surface area is 71.8 Å². The number of nitrogens with two attached hydrogens (primary N) is 1. The van der Waals surface area contributed by atoms with Crippen molar-refractivity contribution in [3.63, 3.8) is 0 Å². The average Bonchev–Trinajstić information content (AvgIpc) is 1.61. The molecule has 0 amide bonds. The number of hydrogen-bond acceptors (Lipinski definition) is 2. The first-order valence-electron chi connectivity index (χ1n) is 1.84. The van der Waals surface area contributed by atoms with Crippen molar-refractivity contribution >= 4 is 28.3 Å². The van der Waals surface area contributed by atoms with E-state index in [2.05, 4.69) is 12.2 Å². The molecular formula is C4H7NS2Zn.